The number of nitrogens with zero attached hydrogens (tertiary/aromatic N) is 12. The van der Waals surface area contributed by atoms with Gasteiger partial charge in [0.15, 0.2) is 0 Å². The Kier molecular flexibility index (Phi) is 23.1. The predicted octanol–water partition coefficient (Wildman–Crippen LogP) is 20.1. The molecule has 12 aromatic carbocycles. The van der Waals surface area contributed by atoms with Gasteiger partial charge in [0, 0.05) is 112 Å². The van der Waals surface area contributed by atoms with Gasteiger partial charge in [0.1, 0.15) is 0 Å². The summed E-state index contributed by atoms with van der Waals surface area (Å²) in [6, 6.07) is 79.7. The zero-order valence-electron chi connectivity index (χ0n) is 58.0. The number of hydrogen-bond donors (Lipinski definition) is 6. The van der Waals surface area contributed by atoms with Gasteiger partial charge >= 0.3 is 0 Å². The molecule has 10 aromatic heterocycles. The minimum atomic E-state index is 0.701. The van der Waals surface area contributed by atoms with Crippen LogP contribution in [0.25, 0.3) is 131 Å². The van der Waals surface area contributed by atoms with Gasteiger partial charge in [-0.3, -0.25) is 59.8 Å². The molecule has 10 heterocycles. The molecule has 0 aliphatic carbocycles. The lowest BCUT2D eigenvalue weighted by atomic mass is 10.1. The molecule has 0 saturated carbocycles. The first-order valence-corrected chi connectivity index (χ1v) is 34.0. The fourth-order valence-electron chi connectivity index (χ4n) is 11.1. The van der Waals surface area contributed by atoms with Gasteiger partial charge in [-0.2, -0.15) is 0 Å². The normalized spacial score (nSPS) is 10.4. The lowest BCUT2D eigenvalue weighted by molar-refractivity contribution is 1.40. The van der Waals surface area contributed by atoms with Crippen molar-refractivity contribution in [1.82, 2.24) is 59.8 Å². The van der Waals surface area contributed by atoms with Crippen molar-refractivity contribution >= 4 is 168 Å². The fraction of sp³-hybridized carbons (Fsp3) is 0. The molecule has 0 atom stereocenters. The summed E-state index contributed by atoms with van der Waals surface area (Å²) in [5, 5.41) is 57.9. The molecular weight excluding hydrogens is 1330 g/mol. The van der Waals surface area contributed by atoms with E-state index in [4.69, 9.17) is 92.3 Å². The maximum atomic E-state index is 8.04. The highest BCUT2D eigenvalue weighted by Gasteiger charge is 2.00. The van der Waals surface area contributed by atoms with Crippen molar-refractivity contribution in [3.05, 3.63) is 363 Å². The van der Waals surface area contributed by atoms with Gasteiger partial charge in [-0.1, -0.05) is 0 Å². The third-order valence-corrected chi connectivity index (χ3v) is 16.5. The maximum absolute atomic E-state index is 8.04. The molecule has 0 saturated heterocycles. The third kappa shape index (κ3) is 20.5. The zero-order chi connectivity index (χ0) is 74.2. The minimum Gasteiger partial charge on any atom is -0.308 e. The molecule has 0 aliphatic heterocycles. The fourth-order valence-corrected chi connectivity index (χ4v) is 11.1. The molecule has 0 fully saturated rings. The van der Waals surface area contributed by atoms with Crippen LogP contribution in [0.15, 0.2) is 329 Å². The van der Waals surface area contributed by atoms with Crippen LogP contribution in [0, 0.1) is 32.5 Å². The van der Waals surface area contributed by atoms with E-state index < -0.39 is 0 Å². The highest BCUT2D eigenvalue weighted by Crippen LogP contribution is 2.18. The van der Waals surface area contributed by atoms with E-state index in [2.05, 4.69) is 0 Å². The molecule has 516 valence electrons. The van der Waals surface area contributed by atoms with Gasteiger partial charge in [0.05, 0.1) is 66.2 Å². The van der Waals surface area contributed by atoms with E-state index in [-0.39, 0.29) is 0 Å². The highest BCUT2D eigenvalue weighted by molar-refractivity contribution is 5.89. The lowest BCUT2D eigenvalue weighted by Gasteiger charge is -1.96. The van der Waals surface area contributed by atoms with Gasteiger partial charge in [-0.05, 0) is 353 Å². The Morgan fingerprint density at radius 3 is 0.287 bits per heavy atom. The Labute approximate surface area is 619 Å². The number of nitrogens with one attached hydrogen (secondary N) is 6. The molecule has 18 nitrogen and oxygen atoms in total. The molecule has 0 amide bonds. The average molecular weight is 1400 g/mol. The van der Waals surface area contributed by atoms with Gasteiger partial charge in [0.2, 0.25) is 0 Å². The summed E-state index contributed by atoms with van der Waals surface area (Å²) in [6.07, 6.45) is 28.9. The second-order valence-electron chi connectivity index (χ2n) is 24.7. The Balaban J connectivity index is 0.825. The summed E-state index contributed by atoms with van der Waals surface area (Å²) < 4.78 is 0. The van der Waals surface area contributed by atoms with Crippen molar-refractivity contribution in [2.24, 2.45) is 0 Å². The molecule has 0 spiro atoms. The number of rotatable bonds is 6. The molecular formula is C90H66N18. The number of benzene rings is 12. The van der Waals surface area contributed by atoms with E-state index >= 15 is 0 Å². The van der Waals surface area contributed by atoms with E-state index in [0.29, 0.717) is 33.4 Å². The first-order chi connectivity index (χ1) is 53.0. The molecule has 18 heteroatoms. The second-order valence-corrected chi connectivity index (χ2v) is 24.7. The molecule has 22 rings (SSSR count). The first kappa shape index (κ1) is 71.1. The Morgan fingerprint density at radius 1 is 0.130 bits per heavy atom. The van der Waals surface area contributed by atoms with Crippen LogP contribution in [-0.4, -0.2) is 97.1 Å². The maximum Gasteiger partial charge on any atom is 0.0631 e. The number of hydrogen-bond acceptors (Lipinski definition) is 18. The SMILES string of the molecule is N=Cc1cc2cnc3ccc(cc3)ncc3cc(C=N)cc(cnc4ccc(cc4)ncc4cc(C=N)cc(cnc5ccc(cc5)ncc5cc(C=N)cc(cnc6ccc(cc6)ncc6cc(C=N)cc(cnc7ccc(cc7)ncc7cc(C=N)cc(cnc8ccc(cc8)ncc(c1)c2)c7)c6)c5)c4)c3. The van der Waals surface area contributed by atoms with Crippen molar-refractivity contribution in [2.45, 2.75) is 0 Å². The van der Waals surface area contributed by atoms with Crippen molar-refractivity contribution in [3.63, 3.8) is 0 Å². The van der Waals surface area contributed by atoms with Gasteiger partial charge in [-0.15, -0.1) is 0 Å². The Morgan fingerprint density at radius 2 is 0.213 bits per heavy atom. The zero-order valence-corrected chi connectivity index (χ0v) is 58.0. The van der Waals surface area contributed by atoms with E-state index in [1.807, 2.05) is 255 Å². The molecule has 6 N–H and O–H groups in total. The van der Waals surface area contributed by atoms with Crippen LogP contribution in [0.4, 0.5) is 0 Å². The Bertz CT molecular complexity index is 5140. The second kappa shape index (κ2) is 35.1. The summed E-state index contributed by atoms with van der Waals surface area (Å²) in [7, 11) is 0. The molecule has 108 heavy (non-hydrogen) atoms. The molecule has 22 aromatic rings. The van der Waals surface area contributed by atoms with Crippen LogP contribution in [0.1, 0.15) is 33.4 Å². The summed E-state index contributed by atoms with van der Waals surface area (Å²) in [5.41, 5.74) is 12.9. The highest BCUT2D eigenvalue weighted by atomic mass is 14.7. The van der Waals surface area contributed by atoms with Gasteiger partial charge < -0.3 is 32.5 Å². The monoisotopic (exact) mass is 1400 g/mol. The summed E-state index contributed by atoms with van der Waals surface area (Å²) in [6.45, 7) is 0. The van der Waals surface area contributed by atoms with Crippen molar-refractivity contribution < 1.29 is 0 Å². The van der Waals surface area contributed by atoms with Crippen LogP contribution in [0.3, 0.4) is 0 Å². The lowest BCUT2D eigenvalue weighted by Crippen LogP contribution is -1.81. The summed E-state index contributed by atoms with van der Waals surface area (Å²) in [4.78, 5) is 56.7. The number of aromatic nitrogens is 12. The van der Waals surface area contributed by atoms with Crippen molar-refractivity contribution in [1.29, 1.82) is 32.5 Å². The van der Waals surface area contributed by atoms with Gasteiger partial charge in [-0.25, -0.2) is 0 Å². The van der Waals surface area contributed by atoms with Crippen LogP contribution in [0.5, 0.6) is 0 Å². The van der Waals surface area contributed by atoms with Crippen LogP contribution >= 0.6 is 0 Å². The van der Waals surface area contributed by atoms with E-state index in [9.17, 15) is 0 Å². The smallest absolute Gasteiger partial charge is 0.0631 e. The van der Waals surface area contributed by atoms with Crippen molar-refractivity contribution in [2.75, 3.05) is 0 Å². The van der Waals surface area contributed by atoms with E-state index in [0.717, 1.165) is 131 Å². The molecule has 0 radical (unpaired) electrons. The van der Waals surface area contributed by atoms with Crippen LogP contribution in [0.2, 0.25) is 0 Å². The van der Waals surface area contributed by atoms with Crippen molar-refractivity contribution in [3.8, 4) is 0 Å². The first-order valence-electron chi connectivity index (χ1n) is 34.0. The van der Waals surface area contributed by atoms with Crippen LogP contribution < -0.4 is 0 Å². The third-order valence-electron chi connectivity index (χ3n) is 16.5. The largest absolute Gasteiger partial charge is 0.308 e. The topological polar surface area (TPSA) is 298 Å². The quantitative estimate of drug-likeness (QED) is 0.0847. The van der Waals surface area contributed by atoms with E-state index in [1.165, 1.54) is 37.3 Å². The molecule has 0 unspecified atom stereocenters. The molecule has 0 aliphatic rings. The van der Waals surface area contributed by atoms with Crippen LogP contribution in [-0.2, 0) is 0 Å². The Hall–Kier alpha value is -15.3. The van der Waals surface area contributed by atoms with E-state index in [1.54, 1.807) is 74.4 Å². The summed E-state index contributed by atoms with van der Waals surface area (Å²) in [5.74, 6) is 0. The standard InChI is InChI=1S/C90H66N18/c91-43-61-25-67-37-69(27-61)51-99-81-5-7-83(8-6-81)101-53-71-29-63(45-93)31-73(39-71)55-103-85-13-15-87(16-14-85)105-57-75-33-65(47-95)35-77(41-75)59-107-89-21-23-90(24-22-89)108-60-78-36-66(48-96)34-76(42-78)58-106-88-19-17-86(18-20-88)104-56-74-32-64(46-94)30-72(40-74)54-102-84-11-9-82(10-12-84)100-52-70-28-62(44-92)26-68(38-70)50-98-80-2-1-79(3-4-80)97-49-67/h1-60,91-96H. The summed E-state index contributed by atoms with van der Waals surface area (Å²) >= 11 is 0. The van der Waals surface area contributed by atoms with Gasteiger partial charge in [0.25, 0.3) is 0 Å². The minimum absolute atomic E-state index is 0.701. The average Bonchev–Trinajstić information content (AvgIpc) is 0.869. The predicted molar refractivity (Wildman–Crippen MR) is 442 cm³/mol. The molecule has 24 bridgehead atoms.